The summed E-state index contributed by atoms with van der Waals surface area (Å²) in [5, 5.41) is 3.65. The van der Waals surface area contributed by atoms with E-state index in [2.05, 4.69) is 5.32 Å². The second-order valence-electron chi connectivity index (χ2n) is 3.42. The van der Waals surface area contributed by atoms with Crippen LogP contribution < -0.4 is 5.32 Å². The van der Waals surface area contributed by atoms with Gasteiger partial charge in [-0.25, -0.2) is 0 Å². The zero-order valence-electron chi connectivity index (χ0n) is 6.31. The quantitative estimate of drug-likeness (QED) is 0.574. The van der Waals surface area contributed by atoms with Gasteiger partial charge in [0, 0.05) is 12.1 Å². The van der Waals surface area contributed by atoms with Crippen LogP contribution in [0.25, 0.3) is 0 Å². The Bertz CT molecular complexity index is 85.4. The lowest BCUT2D eigenvalue weighted by molar-refractivity contribution is 0.243. The van der Waals surface area contributed by atoms with Gasteiger partial charge in [-0.2, -0.15) is 0 Å². The third kappa shape index (κ3) is 1.64. The average Bonchev–Trinajstić information content (AvgIpc) is 1.88. The summed E-state index contributed by atoms with van der Waals surface area (Å²) in [5.74, 6) is 0. The standard InChI is InChI=1S/C8H15N.ClH/c1-3-7-5-2-6-8(4-1)9-7;/h7-9H,1-6H2;1H. The molecule has 0 aliphatic carbocycles. The van der Waals surface area contributed by atoms with Crippen molar-refractivity contribution >= 4 is 12.4 Å². The Kier molecular flexibility index (Phi) is 2.99. The molecule has 2 bridgehead atoms. The van der Waals surface area contributed by atoms with Gasteiger partial charge in [0.15, 0.2) is 0 Å². The highest BCUT2D eigenvalue weighted by Crippen LogP contribution is 2.24. The molecule has 1 nitrogen and oxygen atoms in total. The zero-order chi connectivity index (χ0) is 6.10. The molecule has 0 spiro atoms. The van der Waals surface area contributed by atoms with Gasteiger partial charge in [0.05, 0.1) is 0 Å². The lowest BCUT2D eigenvalue weighted by Gasteiger charge is -2.35. The van der Waals surface area contributed by atoms with Crippen LogP contribution in [0.5, 0.6) is 0 Å². The van der Waals surface area contributed by atoms with Crippen LogP contribution in [0.4, 0.5) is 0 Å². The van der Waals surface area contributed by atoms with E-state index in [0.717, 1.165) is 12.1 Å². The molecule has 0 aromatic rings. The molecule has 0 aromatic carbocycles. The molecule has 2 aliphatic heterocycles. The number of fused-ring (bicyclic) bond motifs is 2. The Labute approximate surface area is 69.0 Å². The topological polar surface area (TPSA) is 12.0 Å². The summed E-state index contributed by atoms with van der Waals surface area (Å²) in [7, 11) is 0. The van der Waals surface area contributed by atoms with Crippen LogP contribution in [0.1, 0.15) is 38.5 Å². The minimum absolute atomic E-state index is 0. The Morgan fingerprint density at radius 1 is 0.800 bits per heavy atom. The molecular weight excluding hydrogens is 146 g/mol. The fourth-order valence-electron chi connectivity index (χ4n) is 2.18. The molecule has 10 heavy (non-hydrogen) atoms. The van der Waals surface area contributed by atoms with Crippen LogP contribution in [-0.2, 0) is 0 Å². The third-order valence-electron chi connectivity index (χ3n) is 2.68. The van der Waals surface area contributed by atoms with Gasteiger partial charge < -0.3 is 5.32 Å². The summed E-state index contributed by atoms with van der Waals surface area (Å²) >= 11 is 0. The van der Waals surface area contributed by atoms with E-state index in [-0.39, 0.29) is 12.4 Å². The first kappa shape index (κ1) is 8.35. The highest BCUT2D eigenvalue weighted by molar-refractivity contribution is 5.85. The fourth-order valence-corrected chi connectivity index (χ4v) is 2.18. The van der Waals surface area contributed by atoms with E-state index in [0.29, 0.717) is 0 Å². The van der Waals surface area contributed by atoms with Crippen molar-refractivity contribution in [1.29, 1.82) is 0 Å². The third-order valence-corrected chi connectivity index (χ3v) is 2.68. The lowest BCUT2D eigenvalue weighted by atomic mass is 9.87. The van der Waals surface area contributed by atoms with Crippen molar-refractivity contribution in [2.24, 2.45) is 0 Å². The second kappa shape index (κ2) is 3.59. The predicted octanol–water partition coefficient (Wildman–Crippen LogP) is 2.10. The molecule has 0 aromatic heterocycles. The minimum atomic E-state index is 0. The molecule has 2 saturated heterocycles. The van der Waals surface area contributed by atoms with Gasteiger partial charge in [0.25, 0.3) is 0 Å². The van der Waals surface area contributed by atoms with Crippen molar-refractivity contribution in [3.05, 3.63) is 0 Å². The maximum atomic E-state index is 3.65. The molecule has 60 valence electrons. The monoisotopic (exact) mass is 161 g/mol. The normalized spacial score (nSPS) is 38.4. The van der Waals surface area contributed by atoms with Crippen molar-refractivity contribution in [1.82, 2.24) is 5.32 Å². The molecule has 0 saturated carbocycles. The van der Waals surface area contributed by atoms with E-state index in [1.54, 1.807) is 0 Å². The first-order chi connectivity index (χ1) is 4.45. The summed E-state index contributed by atoms with van der Waals surface area (Å²) < 4.78 is 0. The van der Waals surface area contributed by atoms with Crippen molar-refractivity contribution < 1.29 is 0 Å². The maximum Gasteiger partial charge on any atom is 0.00696 e. The number of hydrogen-bond donors (Lipinski definition) is 1. The van der Waals surface area contributed by atoms with Crippen LogP contribution in [-0.4, -0.2) is 12.1 Å². The second-order valence-corrected chi connectivity index (χ2v) is 3.42. The van der Waals surface area contributed by atoms with Gasteiger partial charge in [-0.3, -0.25) is 0 Å². The number of piperidine rings is 2. The number of halogens is 1. The molecule has 2 heterocycles. The first-order valence-corrected chi connectivity index (χ1v) is 4.21. The Balaban J connectivity index is 0.000000500. The molecule has 2 rings (SSSR count). The van der Waals surface area contributed by atoms with Crippen LogP contribution >= 0.6 is 12.4 Å². The van der Waals surface area contributed by atoms with E-state index in [1.807, 2.05) is 0 Å². The van der Waals surface area contributed by atoms with E-state index >= 15 is 0 Å². The SMILES string of the molecule is C1CC2CCCC(C1)N2.Cl. The van der Waals surface area contributed by atoms with Crippen molar-refractivity contribution in [3.8, 4) is 0 Å². The van der Waals surface area contributed by atoms with Crippen molar-refractivity contribution in [3.63, 3.8) is 0 Å². The molecule has 0 amide bonds. The average molecular weight is 162 g/mol. The molecule has 1 N–H and O–H groups in total. The van der Waals surface area contributed by atoms with Crippen LogP contribution in [0.15, 0.2) is 0 Å². The summed E-state index contributed by atoms with van der Waals surface area (Å²) in [5.41, 5.74) is 0. The van der Waals surface area contributed by atoms with Crippen molar-refractivity contribution in [2.45, 2.75) is 50.6 Å². The number of nitrogens with one attached hydrogen (secondary N) is 1. The fraction of sp³-hybridized carbons (Fsp3) is 1.00. The van der Waals surface area contributed by atoms with Crippen molar-refractivity contribution in [2.75, 3.05) is 0 Å². The van der Waals surface area contributed by atoms with Gasteiger partial charge in [0.1, 0.15) is 0 Å². The van der Waals surface area contributed by atoms with Crippen LogP contribution in [0.2, 0.25) is 0 Å². The van der Waals surface area contributed by atoms with E-state index in [4.69, 9.17) is 0 Å². The highest BCUT2D eigenvalue weighted by atomic mass is 35.5. The van der Waals surface area contributed by atoms with Gasteiger partial charge in [-0.1, -0.05) is 12.8 Å². The maximum absolute atomic E-state index is 3.65. The largest absolute Gasteiger partial charge is 0.311 e. The van der Waals surface area contributed by atoms with Gasteiger partial charge in [-0.15, -0.1) is 12.4 Å². The minimum Gasteiger partial charge on any atom is -0.311 e. The molecular formula is C8H16ClN. The molecule has 2 heteroatoms. The summed E-state index contributed by atoms with van der Waals surface area (Å²) in [6, 6.07) is 1.80. The molecule has 2 aliphatic rings. The summed E-state index contributed by atoms with van der Waals surface area (Å²) in [6.45, 7) is 0. The van der Waals surface area contributed by atoms with Gasteiger partial charge in [-0.05, 0) is 25.7 Å². The van der Waals surface area contributed by atoms with Gasteiger partial charge in [0.2, 0.25) is 0 Å². The molecule has 0 radical (unpaired) electrons. The van der Waals surface area contributed by atoms with Crippen LogP contribution in [0.3, 0.4) is 0 Å². The Morgan fingerprint density at radius 3 is 1.50 bits per heavy atom. The van der Waals surface area contributed by atoms with E-state index in [1.165, 1.54) is 38.5 Å². The zero-order valence-corrected chi connectivity index (χ0v) is 7.12. The van der Waals surface area contributed by atoms with Crippen LogP contribution in [0, 0.1) is 0 Å². The Hall–Kier alpha value is 0.250. The molecule has 2 fully saturated rings. The Morgan fingerprint density at radius 2 is 1.20 bits per heavy atom. The predicted molar refractivity (Wildman–Crippen MR) is 45.7 cm³/mol. The van der Waals surface area contributed by atoms with Gasteiger partial charge >= 0.3 is 0 Å². The molecule has 0 unspecified atom stereocenters. The smallest absolute Gasteiger partial charge is 0.00696 e. The number of rotatable bonds is 0. The lowest BCUT2D eigenvalue weighted by Crippen LogP contribution is -2.45. The van der Waals surface area contributed by atoms with E-state index < -0.39 is 0 Å². The summed E-state index contributed by atoms with van der Waals surface area (Å²) in [6.07, 6.45) is 8.71. The first-order valence-electron chi connectivity index (χ1n) is 4.21. The van der Waals surface area contributed by atoms with E-state index in [9.17, 15) is 0 Å². The number of hydrogen-bond acceptors (Lipinski definition) is 1. The summed E-state index contributed by atoms with van der Waals surface area (Å²) in [4.78, 5) is 0. The highest BCUT2D eigenvalue weighted by Gasteiger charge is 2.24. The molecule has 0 atom stereocenters.